The van der Waals surface area contributed by atoms with Crippen LogP contribution >= 0.6 is 0 Å². The van der Waals surface area contributed by atoms with Crippen LogP contribution in [0.25, 0.3) is 5.57 Å². The van der Waals surface area contributed by atoms with Crippen LogP contribution < -0.4 is 0 Å². The van der Waals surface area contributed by atoms with Gasteiger partial charge in [-0.15, -0.1) is 0 Å². The number of methoxy groups -OCH3 is 1. The fraction of sp³-hybridized carbons (Fsp3) is 0.519. The Morgan fingerprint density at radius 2 is 1.97 bits per heavy atom. The first-order valence-corrected chi connectivity index (χ1v) is 11.8. The van der Waals surface area contributed by atoms with Gasteiger partial charge in [0.1, 0.15) is 6.10 Å². The van der Waals surface area contributed by atoms with E-state index in [1.165, 1.54) is 0 Å². The Morgan fingerprint density at radius 3 is 2.68 bits per heavy atom. The van der Waals surface area contributed by atoms with Crippen LogP contribution in [-0.2, 0) is 35.8 Å². The number of carbonyl (C=O) groups excluding carboxylic acids is 2. The molecule has 6 rings (SSSR count). The van der Waals surface area contributed by atoms with Gasteiger partial charge in [-0.3, -0.25) is 9.78 Å². The predicted octanol–water partition coefficient (Wildman–Crippen LogP) is 4.81. The Bertz CT molecular complexity index is 1240. The van der Waals surface area contributed by atoms with Gasteiger partial charge in [-0.2, -0.15) is 0 Å². The smallest absolute Gasteiger partial charge is 0.331 e. The summed E-state index contributed by atoms with van der Waals surface area (Å²) in [7, 11) is 1.70. The van der Waals surface area contributed by atoms with E-state index in [1.54, 1.807) is 25.7 Å². The monoisotopic (exact) mass is 463 g/mol. The molecule has 4 heterocycles. The van der Waals surface area contributed by atoms with Crippen molar-refractivity contribution in [2.24, 2.45) is 16.7 Å². The average molecular weight is 464 g/mol. The van der Waals surface area contributed by atoms with E-state index >= 15 is 0 Å². The van der Waals surface area contributed by atoms with Crippen molar-refractivity contribution in [2.45, 2.75) is 64.8 Å². The van der Waals surface area contributed by atoms with E-state index in [9.17, 15) is 9.59 Å². The van der Waals surface area contributed by atoms with Gasteiger partial charge in [0.25, 0.3) is 0 Å². The topological polar surface area (TPSA) is 87.9 Å². The number of aryl methyl sites for hydroxylation is 1. The van der Waals surface area contributed by atoms with Crippen molar-refractivity contribution in [1.82, 2.24) is 4.98 Å². The molecule has 178 valence electrons. The number of furan rings is 1. The molecule has 1 fully saturated rings. The van der Waals surface area contributed by atoms with Crippen molar-refractivity contribution in [1.29, 1.82) is 0 Å². The maximum Gasteiger partial charge on any atom is 0.331 e. The van der Waals surface area contributed by atoms with E-state index in [1.807, 2.05) is 13.0 Å². The molecule has 7 nitrogen and oxygen atoms in total. The molecule has 0 radical (unpaired) electrons. The van der Waals surface area contributed by atoms with Crippen LogP contribution in [0.5, 0.6) is 0 Å². The number of hydrogen-bond acceptors (Lipinski definition) is 7. The van der Waals surface area contributed by atoms with Gasteiger partial charge in [0.2, 0.25) is 0 Å². The van der Waals surface area contributed by atoms with Crippen molar-refractivity contribution in [3.63, 3.8) is 0 Å². The van der Waals surface area contributed by atoms with Crippen molar-refractivity contribution in [3.8, 4) is 0 Å². The van der Waals surface area contributed by atoms with Crippen LogP contribution in [0.3, 0.4) is 0 Å². The fourth-order valence-electron chi connectivity index (χ4n) is 7.09. The Hall–Kier alpha value is -2.93. The van der Waals surface area contributed by atoms with Gasteiger partial charge in [-0.25, -0.2) is 4.79 Å². The Labute approximate surface area is 198 Å². The summed E-state index contributed by atoms with van der Waals surface area (Å²) in [5, 5.41) is 0. The summed E-state index contributed by atoms with van der Waals surface area (Å²) in [6, 6.07) is 3.97. The first-order valence-electron chi connectivity index (χ1n) is 11.8. The second kappa shape index (κ2) is 6.81. The standard InChI is InChI=1S/C27H29NO6/c1-25(2)19-12-21(30)34-27(19,4)22-16(24(25)31-5)10-15-17-11-20(29)33-23(14-7-9-32-13-14)26(17,3)8-6-18(15)28-22/h7,9-11,13,19,23-24H,6,8,12H2,1-5H3/t19-,23+,24+,26+,27-/m0/s1. The molecule has 0 aromatic carbocycles. The number of carbonyl (C=O) groups is 2. The minimum atomic E-state index is -0.806. The normalized spacial score (nSPS) is 35.3. The highest BCUT2D eigenvalue weighted by Gasteiger charge is 2.62. The molecule has 1 saturated heterocycles. The molecule has 2 aromatic heterocycles. The summed E-state index contributed by atoms with van der Waals surface area (Å²) in [5.74, 6) is -0.612. The molecule has 2 aromatic rings. The summed E-state index contributed by atoms with van der Waals surface area (Å²) < 4.78 is 23.1. The molecule has 0 unspecified atom stereocenters. The Balaban J connectivity index is 1.56. The highest BCUT2D eigenvalue weighted by molar-refractivity contribution is 5.96. The molecule has 2 aliphatic carbocycles. The molecule has 0 N–H and O–H groups in total. The molecule has 34 heavy (non-hydrogen) atoms. The van der Waals surface area contributed by atoms with Gasteiger partial charge in [-0.05, 0) is 37.5 Å². The zero-order valence-corrected chi connectivity index (χ0v) is 20.1. The van der Waals surface area contributed by atoms with Crippen LogP contribution in [0.4, 0.5) is 0 Å². The van der Waals surface area contributed by atoms with Gasteiger partial charge in [-0.1, -0.05) is 20.8 Å². The molecule has 2 aliphatic heterocycles. The minimum absolute atomic E-state index is 0.0429. The summed E-state index contributed by atoms with van der Waals surface area (Å²) >= 11 is 0. The number of rotatable bonds is 2. The van der Waals surface area contributed by atoms with Crippen LogP contribution in [0.2, 0.25) is 0 Å². The van der Waals surface area contributed by atoms with Crippen LogP contribution in [0.1, 0.15) is 80.8 Å². The van der Waals surface area contributed by atoms with Crippen molar-refractivity contribution in [2.75, 3.05) is 7.11 Å². The summed E-state index contributed by atoms with van der Waals surface area (Å²) in [5.41, 5.74) is 3.76. The third-order valence-electron chi connectivity index (χ3n) is 8.76. The van der Waals surface area contributed by atoms with Crippen molar-refractivity contribution >= 4 is 17.5 Å². The molecular weight excluding hydrogens is 434 g/mol. The van der Waals surface area contributed by atoms with Gasteiger partial charge in [0, 0.05) is 52.3 Å². The maximum atomic E-state index is 12.7. The third-order valence-corrected chi connectivity index (χ3v) is 8.76. The van der Waals surface area contributed by atoms with E-state index in [4.69, 9.17) is 23.6 Å². The third kappa shape index (κ3) is 2.64. The lowest BCUT2D eigenvalue weighted by atomic mass is 9.58. The molecular formula is C27H29NO6. The number of nitrogens with zero attached hydrogens (tertiary/aromatic N) is 1. The Morgan fingerprint density at radius 1 is 1.18 bits per heavy atom. The SMILES string of the molecule is CO[C@@H]1c2cc3c(nc2[C@@]2(C)OC(=O)C[C@H]2C1(C)C)CC[C@]1(C)C3=CC(=O)O[C@@H]1c1ccoc1. The van der Waals surface area contributed by atoms with Gasteiger partial charge < -0.3 is 18.6 Å². The summed E-state index contributed by atoms with van der Waals surface area (Å²) in [4.78, 5) is 30.3. The predicted molar refractivity (Wildman–Crippen MR) is 121 cm³/mol. The molecule has 5 atom stereocenters. The number of fused-ring (bicyclic) bond motifs is 6. The number of pyridine rings is 1. The maximum absolute atomic E-state index is 12.7. The molecule has 0 spiro atoms. The number of ether oxygens (including phenoxy) is 3. The van der Waals surface area contributed by atoms with Gasteiger partial charge in [0.05, 0.1) is 30.7 Å². The molecule has 0 amide bonds. The summed E-state index contributed by atoms with van der Waals surface area (Å²) in [6.45, 7) is 8.38. The quantitative estimate of drug-likeness (QED) is 0.590. The largest absolute Gasteiger partial charge is 0.472 e. The number of esters is 2. The first kappa shape index (κ1) is 21.6. The van der Waals surface area contributed by atoms with Crippen molar-refractivity contribution < 1.29 is 28.2 Å². The molecule has 4 aliphatic rings. The number of hydrogen-bond donors (Lipinski definition) is 0. The van der Waals surface area contributed by atoms with E-state index in [0.29, 0.717) is 6.42 Å². The lowest BCUT2D eigenvalue weighted by Crippen LogP contribution is -2.48. The lowest BCUT2D eigenvalue weighted by molar-refractivity contribution is -0.156. The second-order valence-corrected chi connectivity index (χ2v) is 11.0. The highest BCUT2D eigenvalue weighted by Crippen LogP contribution is 2.62. The van der Waals surface area contributed by atoms with Gasteiger partial charge >= 0.3 is 11.9 Å². The minimum Gasteiger partial charge on any atom is -0.472 e. The highest BCUT2D eigenvalue weighted by atomic mass is 16.6. The van der Waals surface area contributed by atoms with E-state index in [0.717, 1.165) is 46.5 Å². The van der Waals surface area contributed by atoms with E-state index in [-0.39, 0.29) is 29.4 Å². The van der Waals surface area contributed by atoms with E-state index in [2.05, 4.69) is 26.8 Å². The first-order chi connectivity index (χ1) is 16.1. The molecule has 0 saturated carbocycles. The van der Waals surface area contributed by atoms with Crippen LogP contribution in [-0.4, -0.2) is 24.0 Å². The number of aromatic nitrogens is 1. The van der Waals surface area contributed by atoms with E-state index < -0.39 is 17.1 Å². The second-order valence-electron chi connectivity index (χ2n) is 11.0. The zero-order valence-electron chi connectivity index (χ0n) is 20.1. The average Bonchev–Trinajstić information content (AvgIpc) is 3.42. The van der Waals surface area contributed by atoms with Crippen LogP contribution in [0, 0.1) is 16.7 Å². The molecule has 7 heteroatoms. The summed E-state index contributed by atoms with van der Waals surface area (Å²) in [6.07, 6.45) is 5.99. The van der Waals surface area contributed by atoms with Crippen LogP contribution in [0.15, 0.2) is 35.2 Å². The fourth-order valence-corrected chi connectivity index (χ4v) is 7.09. The Kier molecular flexibility index (Phi) is 4.33. The lowest BCUT2D eigenvalue weighted by Gasteiger charge is -2.50. The zero-order chi connectivity index (χ0) is 24.0. The van der Waals surface area contributed by atoms with Crippen molar-refractivity contribution in [3.05, 3.63) is 58.8 Å². The molecule has 0 bridgehead atoms. The number of cyclic esters (lactones) is 1. The van der Waals surface area contributed by atoms with Gasteiger partial charge in [0.15, 0.2) is 5.60 Å².